The number of rotatable bonds is 3. The highest BCUT2D eigenvalue weighted by molar-refractivity contribution is 9.11. The molecule has 0 aliphatic carbocycles. The fourth-order valence-electron chi connectivity index (χ4n) is 2.17. The standard InChI is InChI=1S/C16H11Br2FN4O.ClH/c17-9-3-8(4-10(18)5-9)15(24)22-11-1-2-12(13(19)6-11)14-7-21-16(20)23-14;/h1-7H,(H,22,24)(H3,20,21,23);1H. The first-order valence-corrected chi connectivity index (χ1v) is 8.39. The molecule has 130 valence electrons. The smallest absolute Gasteiger partial charge is 0.255 e. The number of amides is 1. The maximum absolute atomic E-state index is 14.3. The first-order valence-electron chi connectivity index (χ1n) is 6.80. The third kappa shape index (κ3) is 4.59. The fraction of sp³-hybridized carbons (Fsp3) is 0. The lowest BCUT2D eigenvalue weighted by Gasteiger charge is -2.08. The van der Waals surface area contributed by atoms with Crippen molar-refractivity contribution in [3.05, 3.63) is 62.9 Å². The van der Waals surface area contributed by atoms with E-state index >= 15 is 0 Å². The van der Waals surface area contributed by atoms with Crippen molar-refractivity contribution in [1.29, 1.82) is 0 Å². The lowest BCUT2D eigenvalue weighted by molar-refractivity contribution is 0.102. The van der Waals surface area contributed by atoms with Gasteiger partial charge in [-0.3, -0.25) is 4.79 Å². The number of carbonyl (C=O) groups is 1. The molecule has 0 radical (unpaired) electrons. The van der Waals surface area contributed by atoms with Crippen molar-refractivity contribution in [2.24, 2.45) is 0 Å². The van der Waals surface area contributed by atoms with Gasteiger partial charge in [0.1, 0.15) is 5.82 Å². The maximum Gasteiger partial charge on any atom is 0.255 e. The Morgan fingerprint density at radius 2 is 1.84 bits per heavy atom. The van der Waals surface area contributed by atoms with E-state index in [1.54, 1.807) is 24.3 Å². The van der Waals surface area contributed by atoms with Gasteiger partial charge >= 0.3 is 0 Å². The molecule has 0 atom stereocenters. The molecule has 0 spiro atoms. The molecule has 0 fully saturated rings. The van der Waals surface area contributed by atoms with Gasteiger partial charge in [-0.1, -0.05) is 31.9 Å². The van der Waals surface area contributed by atoms with Crippen LogP contribution in [0.3, 0.4) is 0 Å². The zero-order valence-corrected chi connectivity index (χ0v) is 16.5. The minimum atomic E-state index is -0.494. The van der Waals surface area contributed by atoms with Gasteiger partial charge in [-0.2, -0.15) is 0 Å². The molecule has 0 aliphatic heterocycles. The van der Waals surface area contributed by atoms with Crippen LogP contribution in [0.2, 0.25) is 0 Å². The fourth-order valence-corrected chi connectivity index (χ4v) is 3.47. The first-order chi connectivity index (χ1) is 11.4. The van der Waals surface area contributed by atoms with E-state index in [1.807, 2.05) is 6.07 Å². The monoisotopic (exact) mass is 488 g/mol. The summed E-state index contributed by atoms with van der Waals surface area (Å²) in [6.07, 6.45) is 1.45. The van der Waals surface area contributed by atoms with Crippen molar-refractivity contribution < 1.29 is 9.18 Å². The molecular weight excluding hydrogens is 478 g/mol. The van der Waals surface area contributed by atoms with E-state index in [4.69, 9.17) is 5.73 Å². The number of carbonyl (C=O) groups excluding carboxylic acids is 1. The number of halogens is 4. The van der Waals surface area contributed by atoms with E-state index in [-0.39, 0.29) is 24.3 Å². The van der Waals surface area contributed by atoms with Crippen LogP contribution < -0.4 is 11.1 Å². The molecule has 3 aromatic rings. The number of nitrogens with one attached hydrogen (secondary N) is 2. The largest absolute Gasteiger partial charge is 0.369 e. The van der Waals surface area contributed by atoms with Gasteiger partial charge in [-0.25, -0.2) is 9.37 Å². The number of nitrogens with zero attached hydrogens (tertiary/aromatic N) is 1. The number of aromatic amines is 1. The highest BCUT2D eigenvalue weighted by atomic mass is 79.9. The second-order valence-corrected chi connectivity index (χ2v) is 6.82. The molecule has 4 N–H and O–H groups in total. The summed E-state index contributed by atoms with van der Waals surface area (Å²) in [5.41, 5.74) is 7.09. The number of hydrogen-bond acceptors (Lipinski definition) is 3. The normalized spacial score (nSPS) is 10.2. The molecule has 0 saturated carbocycles. The topological polar surface area (TPSA) is 83.8 Å². The summed E-state index contributed by atoms with van der Waals surface area (Å²) in [6.45, 7) is 0. The molecule has 3 rings (SSSR count). The Labute approximate surface area is 165 Å². The van der Waals surface area contributed by atoms with Crippen LogP contribution in [-0.4, -0.2) is 15.9 Å². The van der Waals surface area contributed by atoms with Gasteiger partial charge in [0.2, 0.25) is 0 Å². The summed E-state index contributed by atoms with van der Waals surface area (Å²) >= 11 is 6.65. The predicted octanol–water partition coefficient (Wildman–Crippen LogP) is 5.00. The van der Waals surface area contributed by atoms with Crippen LogP contribution >= 0.6 is 44.3 Å². The van der Waals surface area contributed by atoms with Crippen molar-refractivity contribution in [3.63, 3.8) is 0 Å². The van der Waals surface area contributed by atoms with Gasteiger partial charge in [0.15, 0.2) is 5.95 Å². The van der Waals surface area contributed by atoms with Gasteiger partial charge in [-0.15, -0.1) is 12.4 Å². The Kier molecular flexibility index (Phi) is 6.21. The second-order valence-electron chi connectivity index (χ2n) is 4.99. The molecule has 0 aliphatic rings. The van der Waals surface area contributed by atoms with Crippen LogP contribution in [0.1, 0.15) is 10.4 Å². The van der Waals surface area contributed by atoms with Crippen LogP contribution in [0.4, 0.5) is 16.0 Å². The van der Waals surface area contributed by atoms with Crippen LogP contribution in [0.15, 0.2) is 51.5 Å². The molecule has 25 heavy (non-hydrogen) atoms. The molecule has 9 heteroatoms. The molecule has 2 aromatic carbocycles. The summed E-state index contributed by atoms with van der Waals surface area (Å²) in [5.74, 6) is -0.621. The van der Waals surface area contributed by atoms with E-state index in [0.717, 1.165) is 8.95 Å². The summed E-state index contributed by atoms with van der Waals surface area (Å²) in [5, 5.41) is 2.67. The Morgan fingerprint density at radius 1 is 1.16 bits per heavy atom. The molecule has 1 aromatic heterocycles. The molecule has 0 unspecified atom stereocenters. The molecular formula is C16H12Br2ClFN4O. The number of benzene rings is 2. The van der Waals surface area contributed by atoms with Crippen LogP contribution in [0.5, 0.6) is 0 Å². The molecule has 0 bridgehead atoms. The number of nitrogen functional groups attached to an aromatic ring is 1. The summed E-state index contributed by atoms with van der Waals surface area (Å²) < 4.78 is 15.8. The molecule has 0 saturated heterocycles. The van der Waals surface area contributed by atoms with E-state index in [9.17, 15) is 9.18 Å². The molecule has 1 heterocycles. The number of nitrogens with two attached hydrogens (primary N) is 1. The lowest BCUT2D eigenvalue weighted by Crippen LogP contribution is -2.12. The van der Waals surface area contributed by atoms with Crippen LogP contribution in [-0.2, 0) is 0 Å². The number of H-pyrrole nitrogens is 1. The van der Waals surface area contributed by atoms with Gasteiger partial charge in [0.05, 0.1) is 11.9 Å². The molecule has 5 nitrogen and oxygen atoms in total. The first kappa shape index (κ1) is 19.4. The van der Waals surface area contributed by atoms with E-state index in [0.29, 0.717) is 22.5 Å². The highest BCUT2D eigenvalue weighted by Crippen LogP contribution is 2.25. The average Bonchev–Trinajstić information content (AvgIpc) is 2.92. The molecule has 1 amide bonds. The van der Waals surface area contributed by atoms with Gasteiger partial charge in [0, 0.05) is 25.8 Å². The average molecular weight is 491 g/mol. The number of imidazole rings is 1. The van der Waals surface area contributed by atoms with Gasteiger partial charge < -0.3 is 16.0 Å². The highest BCUT2D eigenvalue weighted by Gasteiger charge is 2.12. The maximum atomic E-state index is 14.3. The Balaban J connectivity index is 0.00000225. The zero-order chi connectivity index (χ0) is 17.3. The number of hydrogen-bond donors (Lipinski definition) is 3. The summed E-state index contributed by atoms with van der Waals surface area (Å²) in [6, 6.07) is 9.59. The summed E-state index contributed by atoms with van der Waals surface area (Å²) in [4.78, 5) is 18.9. The van der Waals surface area contributed by atoms with E-state index < -0.39 is 5.82 Å². The van der Waals surface area contributed by atoms with Crippen molar-refractivity contribution in [3.8, 4) is 11.3 Å². The third-order valence-corrected chi connectivity index (χ3v) is 4.15. The number of anilines is 2. The Bertz CT molecular complexity index is 912. The predicted molar refractivity (Wildman–Crippen MR) is 105 cm³/mol. The quantitative estimate of drug-likeness (QED) is 0.483. The Morgan fingerprint density at radius 3 is 2.40 bits per heavy atom. The van der Waals surface area contributed by atoms with Crippen molar-refractivity contribution in [1.82, 2.24) is 9.97 Å². The van der Waals surface area contributed by atoms with E-state index in [2.05, 4.69) is 47.1 Å². The zero-order valence-electron chi connectivity index (χ0n) is 12.5. The number of aromatic nitrogens is 2. The van der Waals surface area contributed by atoms with Gasteiger partial charge in [-0.05, 0) is 36.4 Å². The van der Waals surface area contributed by atoms with Crippen LogP contribution in [0.25, 0.3) is 11.3 Å². The minimum absolute atomic E-state index is 0. The van der Waals surface area contributed by atoms with Crippen molar-refractivity contribution in [2.75, 3.05) is 11.1 Å². The van der Waals surface area contributed by atoms with Crippen molar-refractivity contribution >= 4 is 61.8 Å². The lowest BCUT2D eigenvalue weighted by atomic mass is 10.1. The third-order valence-electron chi connectivity index (χ3n) is 3.24. The second kappa shape index (κ2) is 7.99. The van der Waals surface area contributed by atoms with E-state index in [1.165, 1.54) is 12.3 Å². The van der Waals surface area contributed by atoms with Crippen LogP contribution in [0, 0.1) is 5.82 Å². The Hall–Kier alpha value is -1.90. The summed E-state index contributed by atoms with van der Waals surface area (Å²) in [7, 11) is 0. The minimum Gasteiger partial charge on any atom is -0.369 e. The van der Waals surface area contributed by atoms with Gasteiger partial charge in [0.25, 0.3) is 5.91 Å². The van der Waals surface area contributed by atoms with Crippen molar-refractivity contribution in [2.45, 2.75) is 0 Å². The SMILES string of the molecule is Cl.Nc1ncc(-c2ccc(NC(=O)c3cc(Br)cc(Br)c3)cc2F)[nH]1.